The predicted molar refractivity (Wildman–Crippen MR) is 78.4 cm³/mol. The quantitative estimate of drug-likeness (QED) is 0.762. The molecule has 0 aliphatic carbocycles. The van der Waals surface area contributed by atoms with Crippen LogP contribution in [-0.4, -0.2) is 5.75 Å². The van der Waals surface area contributed by atoms with Crippen LogP contribution >= 0.6 is 11.8 Å². The lowest BCUT2D eigenvalue weighted by Crippen LogP contribution is -2.03. The molecule has 0 bridgehead atoms. The monoisotopic (exact) mass is 256 g/mol. The molecule has 1 nitrogen and oxygen atoms in total. The van der Waals surface area contributed by atoms with Gasteiger partial charge >= 0.3 is 0 Å². The lowest BCUT2D eigenvalue weighted by molar-refractivity contribution is 0.551. The number of thioether (sulfide) groups is 1. The first kappa shape index (κ1) is 11.7. The van der Waals surface area contributed by atoms with Gasteiger partial charge in [-0.05, 0) is 40.8 Å². The van der Waals surface area contributed by atoms with Crippen molar-refractivity contribution in [3.8, 4) is 0 Å². The van der Waals surface area contributed by atoms with E-state index >= 15 is 0 Å². The zero-order chi connectivity index (χ0) is 12.4. The highest BCUT2D eigenvalue weighted by Crippen LogP contribution is 2.38. The smallest absolute Gasteiger partial charge is 0.130 e. The van der Waals surface area contributed by atoms with E-state index in [2.05, 4.69) is 37.3 Å². The fourth-order valence-electron chi connectivity index (χ4n) is 2.52. The standard InChI is InChI=1S/C16H16OS/c1-2-13(16-8-5-9-17-16)15-11-18-10-12-6-3-4-7-14(12)15/h3-9H,2,10-11H2,1H3/b15-13+. The maximum Gasteiger partial charge on any atom is 0.130 e. The Morgan fingerprint density at radius 3 is 2.83 bits per heavy atom. The summed E-state index contributed by atoms with van der Waals surface area (Å²) in [5.74, 6) is 3.22. The molecule has 0 saturated heterocycles. The summed E-state index contributed by atoms with van der Waals surface area (Å²) in [4.78, 5) is 0. The number of hydrogen-bond donors (Lipinski definition) is 0. The van der Waals surface area contributed by atoms with Crippen molar-refractivity contribution in [1.82, 2.24) is 0 Å². The van der Waals surface area contributed by atoms with Crippen LogP contribution in [0.1, 0.15) is 30.2 Å². The molecular weight excluding hydrogens is 240 g/mol. The molecule has 0 unspecified atom stereocenters. The van der Waals surface area contributed by atoms with Crippen LogP contribution in [0.4, 0.5) is 0 Å². The van der Waals surface area contributed by atoms with Gasteiger partial charge in [-0.3, -0.25) is 0 Å². The minimum Gasteiger partial charge on any atom is -0.465 e. The van der Waals surface area contributed by atoms with E-state index in [0.717, 1.165) is 23.7 Å². The molecule has 92 valence electrons. The van der Waals surface area contributed by atoms with Crippen molar-refractivity contribution in [1.29, 1.82) is 0 Å². The second kappa shape index (κ2) is 5.07. The lowest BCUT2D eigenvalue weighted by Gasteiger charge is -2.21. The third-order valence-electron chi connectivity index (χ3n) is 3.38. The van der Waals surface area contributed by atoms with Gasteiger partial charge in [0.2, 0.25) is 0 Å². The normalized spacial score (nSPS) is 17.4. The van der Waals surface area contributed by atoms with Crippen LogP contribution < -0.4 is 0 Å². The van der Waals surface area contributed by atoms with Gasteiger partial charge in [0.15, 0.2) is 0 Å². The van der Waals surface area contributed by atoms with Gasteiger partial charge in [-0.1, -0.05) is 31.2 Å². The van der Waals surface area contributed by atoms with Crippen molar-refractivity contribution >= 4 is 22.9 Å². The SMILES string of the molecule is CC/C(=C1/CSCc2ccccc21)c1ccco1. The Morgan fingerprint density at radius 1 is 1.17 bits per heavy atom. The minimum absolute atomic E-state index is 1.01. The largest absolute Gasteiger partial charge is 0.465 e. The van der Waals surface area contributed by atoms with E-state index in [0.29, 0.717) is 0 Å². The van der Waals surface area contributed by atoms with E-state index in [4.69, 9.17) is 4.42 Å². The Bertz CT molecular complexity index is 567. The molecule has 0 spiro atoms. The molecule has 1 aromatic heterocycles. The summed E-state index contributed by atoms with van der Waals surface area (Å²) in [5, 5.41) is 0. The lowest BCUT2D eigenvalue weighted by atomic mass is 9.94. The minimum atomic E-state index is 1.01. The maximum atomic E-state index is 5.59. The Labute approximate surface area is 112 Å². The van der Waals surface area contributed by atoms with Crippen LogP contribution in [0, 0.1) is 0 Å². The third kappa shape index (κ3) is 2.01. The van der Waals surface area contributed by atoms with Gasteiger partial charge in [-0.15, -0.1) is 0 Å². The molecule has 18 heavy (non-hydrogen) atoms. The van der Waals surface area contributed by atoms with E-state index in [1.807, 2.05) is 17.8 Å². The first-order chi connectivity index (χ1) is 8.90. The number of hydrogen-bond acceptors (Lipinski definition) is 2. The zero-order valence-corrected chi connectivity index (χ0v) is 11.3. The zero-order valence-electron chi connectivity index (χ0n) is 10.5. The second-order valence-electron chi connectivity index (χ2n) is 4.44. The fourth-order valence-corrected chi connectivity index (χ4v) is 3.63. The Balaban J connectivity index is 2.16. The highest BCUT2D eigenvalue weighted by atomic mass is 32.2. The summed E-state index contributed by atoms with van der Waals surface area (Å²) in [6.45, 7) is 2.20. The highest BCUT2D eigenvalue weighted by Gasteiger charge is 2.18. The van der Waals surface area contributed by atoms with E-state index in [1.165, 1.54) is 22.3 Å². The summed E-state index contributed by atoms with van der Waals surface area (Å²) in [6, 6.07) is 12.8. The summed E-state index contributed by atoms with van der Waals surface area (Å²) < 4.78 is 5.59. The summed E-state index contributed by atoms with van der Waals surface area (Å²) >= 11 is 1.99. The molecule has 0 atom stereocenters. The van der Waals surface area contributed by atoms with E-state index in [9.17, 15) is 0 Å². The first-order valence-electron chi connectivity index (χ1n) is 6.32. The number of fused-ring (bicyclic) bond motifs is 1. The molecule has 1 aliphatic heterocycles. The summed E-state index contributed by atoms with van der Waals surface area (Å²) in [7, 11) is 0. The van der Waals surface area contributed by atoms with Gasteiger partial charge < -0.3 is 4.42 Å². The Hall–Kier alpha value is -1.41. The average Bonchev–Trinajstić information content (AvgIpc) is 2.94. The summed E-state index contributed by atoms with van der Waals surface area (Å²) in [6.07, 6.45) is 2.77. The molecule has 0 saturated carbocycles. The van der Waals surface area contributed by atoms with E-state index in [-0.39, 0.29) is 0 Å². The number of furan rings is 1. The average molecular weight is 256 g/mol. The van der Waals surface area contributed by atoms with E-state index in [1.54, 1.807) is 6.26 Å². The number of allylic oxidation sites excluding steroid dienone is 1. The van der Waals surface area contributed by atoms with Crippen LogP contribution in [0.5, 0.6) is 0 Å². The Kier molecular flexibility index (Phi) is 3.28. The number of benzene rings is 1. The molecule has 2 heteroatoms. The van der Waals surface area contributed by atoms with Crippen molar-refractivity contribution in [2.24, 2.45) is 0 Å². The molecule has 0 N–H and O–H groups in total. The van der Waals surface area contributed by atoms with Crippen LogP contribution in [0.2, 0.25) is 0 Å². The molecule has 3 rings (SSSR count). The molecule has 2 heterocycles. The number of rotatable bonds is 2. The topological polar surface area (TPSA) is 13.1 Å². The molecule has 0 fully saturated rings. The molecule has 0 amide bonds. The second-order valence-corrected chi connectivity index (χ2v) is 5.42. The molecule has 0 radical (unpaired) electrons. The maximum absolute atomic E-state index is 5.59. The predicted octanol–water partition coefficient (Wildman–Crippen LogP) is 4.85. The van der Waals surface area contributed by atoms with Crippen LogP contribution in [0.15, 0.2) is 47.1 Å². The molecule has 1 aromatic carbocycles. The third-order valence-corrected chi connectivity index (χ3v) is 4.39. The van der Waals surface area contributed by atoms with Crippen LogP contribution in [0.3, 0.4) is 0 Å². The van der Waals surface area contributed by atoms with Crippen molar-refractivity contribution in [2.75, 3.05) is 5.75 Å². The van der Waals surface area contributed by atoms with Gasteiger partial charge in [-0.2, -0.15) is 11.8 Å². The van der Waals surface area contributed by atoms with Crippen LogP contribution in [0.25, 0.3) is 11.1 Å². The first-order valence-corrected chi connectivity index (χ1v) is 7.47. The van der Waals surface area contributed by atoms with E-state index < -0.39 is 0 Å². The summed E-state index contributed by atoms with van der Waals surface area (Å²) in [5.41, 5.74) is 5.64. The van der Waals surface area contributed by atoms with Crippen LogP contribution in [-0.2, 0) is 5.75 Å². The Morgan fingerprint density at radius 2 is 2.06 bits per heavy atom. The van der Waals surface area contributed by atoms with Crippen molar-refractivity contribution in [3.63, 3.8) is 0 Å². The van der Waals surface area contributed by atoms with Gasteiger partial charge in [0.1, 0.15) is 5.76 Å². The van der Waals surface area contributed by atoms with Gasteiger partial charge in [-0.25, -0.2) is 0 Å². The van der Waals surface area contributed by atoms with Gasteiger partial charge in [0.25, 0.3) is 0 Å². The molecule has 2 aromatic rings. The molecule has 1 aliphatic rings. The van der Waals surface area contributed by atoms with Crippen molar-refractivity contribution < 1.29 is 4.42 Å². The van der Waals surface area contributed by atoms with Crippen molar-refractivity contribution in [3.05, 3.63) is 59.5 Å². The fraction of sp³-hybridized carbons (Fsp3) is 0.250. The van der Waals surface area contributed by atoms with Gasteiger partial charge in [0.05, 0.1) is 6.26 Å². The van der Waals surface area contributed by atoms with Crippen molar-refractivity contribution in [2.45, 2.75) is 19.1 Å². The highest BCUT2D eigenvalue weighted by molar-refractivity contribution is 7.99. The molecular formula is C16H16OS. The van der Waals surface area contributed by atoms with Gasteiger partial charge in [0, 0.05) is 11.5 Å².